The Hall–Kier alpha value is -3.77. The van der Waals surface area contributed by atoms with E-state index in [9.17, 15) is 0 Å². The van der Waals surface area contributed by atoms with Crippen LogP contribution in [0.5, 0.6) is 0 Å². The predicted molar refractivity (Wildman–Crippen MR) is 123 cm³/mol. The van der Waals surface area contributed by atoms with Gasteiger partial charge in [-0.05, 0) is 42.8 Å². The first kappa shape index (κ1) is 21.5. The van der Waals surface area contributed by atoms with E-state index in [2.05, 4.69) is 22.9 Å². The molecule has 32 heavy (non-hydrogen) atoms. The lowest BCUT2D eigenvalue weighted by Gasteiger charge is -2.16. The molecule has 0 aliphatic heterocycles. The van der Waals surface area contributed by atoms with Crippen molar-refractivity contribution in [1.82, 2.24) is 4.98 Å². The zero-order valence-corrected chi connectivity index (χ0v) is 17.8. The Morgan fingerprint density at radius 3 is 2.44 bits per heavy atom. The maximum absolute atomic E-state index is 6.03. The number of fused-ring (bicyclic) bond motifs is 1. The molecule has 0 aliphatic rings. The SMILES string of the molecule is C#CCOC(Cc1ccc2oc(Cc3nc(-c4ccccc4)oc3C)cc2c1)OCC#C. The van der Waals surface area contributed by atoms with Gasteiger partial charge < -0.3 is 18.3 Å². The minimum Gasteiger partial charge on any atom is -0.461 e. The normalized spacial score (nSPS) is 11.0. The van der Waals surface area contributed by atoms with Gasteiger partial charge in [0.15, 0.2) is 6.29 Å². The molecule has 4 aromatic rings. The molecule has 0 saturated carbocycles. The minimum absolute atomic E-state index is 0.162. The van der Waals surface area contributed by atoms with Crippen LogP contribution in [0.3, 0.4) is 0 Å². The lowest BCUT2D eigenvalue weighted by molar-refractivity contribution is -0.122. The topological polar surface area (TPSA) is 57.6 Å². The lowest BCUT2D eigenvalue weighted by atomic mass is 10.1. The molecule has 0 amide bonds. The number of aryl methyl sites for hydroxylation is 1. The average molecular weight is 425 g/mol. The summed E-state index contributed by atoms with van der Waals surface area (Å²) in [4.78, 5) is 4.67. The fourth-order valence-corrected chi connectivity index (χ4v) is 3.46. The fraction of sp³-hybridized carbons (Fsp3) is 0.222. The van der Waals surface area contributed by atoms with Gasteiger partial charge in [-0.15, -0.1) is 12.8 Å². The van der Waals surface area contributed by atoms with Crippen LogP contribution >= 0.6 is 0 Å². The van der Waals surface area contributed by atoms with Crippen LogP contribution in [0.1, 0.15) is 22.8 Å². The number of hydrogen-bond acceptors (Lipinski definition) is 5. The molecule has 0 fully saturated rings. The number of ether oxygens (including phenoxy) is 2. The first-order chi connectivity index (χ1) is 15.7. The van der Waals surface area contributed by atoms with E-state index in [-0.39, 0.29) is 13.2 Å². The molecule has 0 radical (unpaired) electrons. The highest BCUT2D eigenvalue weighted by molar-refractivity contribution is 5.78. The van der Waals surface area contributed by atoms with Gasteiger partial charge in [0.2, 0.25) is 5.89 Å². The van der Waals surface area contributed by atoms with Crippen molar-refractivity contribution in [2.24, 2.45) is 0 Å². The summed E-state index contributed by atoms with van der Waals surface area (Å²) in [5, 5.41) is 0.995. The number of hydrogen-bond donors (Lipinski definition) is 0. The molecule has 2 heterocycles. The monoisotopic (exact) mass is 425 g/mol. The van der Waals surface area contributed by atoms with Crippen LogP contribution in [-0.2, 0) is 22.3 Å². The van der Waals surface area contributed by atoms with E-state index >= 15 is 0 Å². The van der Waals surface area contributed by atoms with Crippen LogP contribution in [0.2, 0.25) is 0 Å². The maximum atomic E-state index is 6.03. The van der Waals surface area contributed by atoms with Crippen LogP contribution < -0.4 is 0 Å². The number of nitrogens with zero attached hydrogens (tertiary/aromatic N) is 1. The Kier molecular flexibility index (Phi) is 6.72. The van der Waals surface area contributed by atoms with Gasteiger partial charge in [-0.25, -0.2) is 4.98 Å². The van der Waals surface area contributed by atoms with E-state index in [1.165, 1.54) is 0 Å². The molecule has 0 saturated heterocycles. The van der Waals surface area contributed by atoms with Crippen LogP contribution in [0.4, 0.5) is 0 Å². The Morgan fingerprint density at radius 2 is 1.72 bits per heavy atom. The fourth-order valence-electron chi connectivity index (χ4n) is 3.46. The second-order valence-electron chi connectivity index (χ2n) is 7.31. The largest absolute Gasteiger partial charge is 0.461 e. The quantitative estimate of drug-likeness (QED) is 0.274. The molecule has 0 unspecified atom stereocenters. The summed E-state index contributed by atoms with van der Waals surface area (Å²) in [5.41, 5.74) is 3.64. The molecule has 160 valence electrons. The summed E-state index contributed by atoms with van der Waals surface area (Å²) in [5.74, 6) is 7.11. The van der Waals surface area contributed by atoms with Crippen LogP contribution in [0.15, 0.2) is 63.4 Å². The average Bonchev–Trinajstić information content (AvgIpc) is 3.38. The van der Waals surface area contributed by atoms with Crippen molar-refractivity contribution in [2.45, 2.75) is 26.1 Å². The molecule has 0 spiro atoms. The minimum atomic E-state index is -0.500. The van der Waals surface area contributed by atoms with Crippen molar-refractivity contribution in [3.63, 3.8) is 0 Å². The van der Waals surface area contributed by atoms with Crippen molar-refractivity contribution >= 4 is 11.0 Å². The third kappa shape index (κ3) is 5.10. The molecule has 2 aromatic carbocycles. The van der Waals surface area contributed by atoms with Gasteiger partial charge in [-0.1, -0.05) is 36.1 Å². The summed E-state index contributed by atoms with van der Waals surface area (Å²) in [6.07, 6.45) is 11.2. The van der Waals surface area contributed by atoms with E-state index in [1.807, 2.05) is 55.5 Å². The zero-order chi connectivity index (χ0) is 22.3. The zero-order valence-electron chi connectivity index (χ0n) is 17.8. The van der Waals surface area contributed by atoms with Crippen molar-refractivity contribution in [3.8, 4) is 36.1 Å². The Bertz CT molecular complexity index is 1250. The van der Waals surface area contributed by atoms with E-state index in [1.54, 1.807) is 0 Å². The van der Waals surface area contributed by atoms with E-state index in [0.717, 1.165) is 39.3 Å². The maximum Gasteiger partial charge on any atom is 0.226 e. The smallest absolute Gasteiger partial charge is 0.226 e. The Morgan fingerprint density at radius 1 is 0.969 bits per heavy atom. The first-order valence-corrected chi connectivity index (χ1v) is 10.3. The standard InChI is InChI=1S/C27H23NO4/c1-4-13-29-26(30-14-5-2)16-20-11-12-25-22(15-20)17-23(32-25)18-24-19(3)31-27(28-24)21-9-7-6-8-10-21/h1-2,6-12,15,17,26H,13-14,16,18H2,3H3. The number of furan rings is 1. The van der Waals surface area contributed by atoms with E-state index in [0.29, 0.717) is 18.7 Å². The second-order valence-corrected chi connectivity index (χ2v) is 7.31. The third-order valence-corrected chi connectivity index (χ3v) is 4.99. The van der Waals surface area contributed by atoms with Gasteiger partial charge in [0.25, 0.3) is 0 Å². The summed E-state index contributed by atoms with van der Waals surface area (Å²) in [6, 6.07) is 17.9. The summed E-state index contributed by atoms with van der Waals surface area (Å²) in [7, 11) is 0. The van der Waals surface area contributed by atoms with Gasteiger partial charge in [-0.2, -0.15) is 0 Å². The number of aromatic nitrogens is 1. The molecule has 5 heteroatoms. The molecule has 4 rings (SSSR count). The highest BCUT2D eigenvalue weighted by atomic mass is 16.7. The number of rotatable bonds is 9. The molecule has 2 aromatic heterocycles. The summed E-state index contributed by atoms with van der Waals surface area (Å²) >= 11 is 0. The van der Waals surface area contributed by atoms with Crippen LogP contribution in [0.25, 0.3) is 22.4 Å². The van der Waals surface area contributed by atoms with Gasteiger partial charge in [0.05, 0.1) is 12.1 Å². The van der Waals surface area contributed by atoms with Gasteiger partial charge in [-0.3, -0.25) is 0 Å². The van der Waals surface area contributed by atoms with Gasteiger partial charge in [0.1, 0.15) is 30.3 Å². The molecule has 0 aliphatic carbocycles. The van der Waals surface area contributed by atoms with Crippen LogP contribution in [-0.4, -0.2) is 24.5 Å². The van der Waals surface area contributed by atoms with Crippen molar-refractivity contribution in [3.05, 3.63) is 77.4 Å². The number of terminal acetylenes is 2. The van der Waals surface area contributed by atoms with Crippen LogP contribution in [0, 0.1) is 31.6 Å². The second kappa shape index (κ2) is 10.0. The Balaban J connectivity index is 1.50. The molecule has 0 N–H and O–H groups in total. The molecule has 5 nitrogen and oxygen atoms in total. The summed E-state index contributed by atoms with van der Waals surface area (Å²) in [6.45, 7) is 2.24. The van der Waals surface area contributed by atoms with E-state index < -0.39 is 6.29 Å². The molecular formula is C27H23NO4. The first-order valence-electron chi connectivity index (χ1n) is 10.3. The van der Waals surface area contributed by atoms with Crippen molar-refractivity contribution in [2.75, 3.05) is 13.2 Å². The van der Waals surface area contributed by atoms with Gasteiger partial charge in [0, 0.05) is 17.4 Å². The molecule has 0 atom stereocenters. The number of oxazole rings is 1. The van der Waals surface area contributed by atoms with Crippen molar-refractivity contribution < 1.29 is 18.3 Å². The lowest BCUT2D eigenvalue weighted by Crippen LogP contribution is -2.20. The third-order valence-electron chi connectivity index (χ3n) is 4.99. The highest BCUT2D eigenvalue weighted by Crippen LogP contribution is 2.27. The van der Waals surface area contributed by atoms with E-state index in [4.69, 9.17) is 31.2 Å². The molecular weight excluding hydrogens is 402 g/mol. The Labute approximate surface area is 187 Å². The van der Waals surface area contributed by atoms with Gasteiger partial charge >= 0.3 is 0 Å². The summed E-state index contributed by atoms with van der Waals surface area (Å²) < 4.78 is 23.0. The number of benzene rings is 2. The van der Waals surface area contributed by atoms with Crippen molar-refractivity contribution in [1.29, 1.82) is 0 Å². The molecule has 0 bridgehead atoms. The highest BCUT2D eigenvalue weighted by Gasteiger charge is 2.15. The predicted octanol–water partition coefficient (Wildman–Crippen LogP) is 5.16.